The van der Waals surface area contributed by atoms with E-state index in [2.05, 4.69) is 0 Å². The monoisotopic (exact) mass is 270 g/mol. The summed E-state index contributed by atoms with van der Waals surface area (Å²) in [4.78, 5) is 0. The lowest BCUT2D eigenvalue weighted by atomic mass is 10.1. The third kappa shape index (κ3) is 2.63. The normalized spacial score (nSPS) is 15.7. The Bertz CT molecular complexity index is 588. The summed E-state index contributed by atoms with van der Waals surface area (Å²) in [5, 5.41) is 10.2. The zero-order chi connectivity index (χ0) is 14.0. The Labute approximate surface area is 118 Å². The number of hydrogen-bond donors (Lipinski definition) is 1. The average molecular weight is 270 g/mol. The van der Waals surface area contributed by atoms with Crippen molar-refractivity contribution in [3.63, 3.8) is 0 Å². The lowest BCUT2D eigenvalue weighted by Gasteiger charge is -2.14. The Hall–Kier alpha value is -2.00. The van der Waals surface area contributed by atoms with Gasteiger partial charge in [0, 0.05) is 0 Å². The predicted molar refractivity (Wildman–Crippen MR) is 76.9 cm³/mol. The van der Waals surface area contributed by atoms with E-state index in [1.165, 1.54) is 0 Å². The van der Waals surface area contributed by atoms with Crippen molar-refractivity contribution >= 4 is 0 Å². The number of aliphatic hydroxyl groups is 1. The third-order valence-corrected chi connectivity index (χ3v) is 3.66. The van der Waals surface area contributed by atoms with Crippen LogP contribution in [0.1, 0.15) is 24.0 Å². The van der Waals surface area contributed by atoms with E-state index in [0.717, 1.165) is 24.0 Å². The average Bonchev–Trinajstić information content (AvgIpc) is 3.25. The maximum absolute atomic E-state index is 10.2. The van der Waals surface area contributed by atoms with Crippen molar-refractivity contribution < 1.29 is 14.6 Å². The zero-order valence-electron chi connectivity index (χ0n) is 11.5. The van der Waals surface area contributed by atoms with Crippen LogP contribution in [-0.4, -0.2) is 12.2 Å². The van der Waals surface area contributed by atoms with Crippen LogP contribution in [0.25, 0.3) is 0 Å². The van der Waals surface area contributed by atoms with Gasteiger partial charge in [-0.05, 0) is 36.1 Å². The molecule has 0 amide bonds. The molecule has 0 aromatic heterocycles. The standard InChI is InChI=1S/C17H18O3/c1-19-15-8-7-14(17(18)9-10-17)11-16(15)20-12-13-5-3-2-4-6-13/h2-8,11,18H,9-10,12H2,1H3. The predicted octanol–water partition coefficient (Wildman–Crippen LogP) is 3.26. The molecule has 20 heavy (non-hydrogen) atoms. The molecule has 1 saturated carbocycles. The minimum absolute atomic E-state index is 0.485. The minimum atomic E-state index is -0.656. The first-order valence-corrected chi connectivity index (χ1v) is 6.79. The molecule has 104 valence electrons. The molecule has 0 aliphatic heterocycles. The van der Waals surface area contributed by atoms with Gasteiger partial charge in [0.05, 0.1) is 12.7 Å². The SMILES string of the molecule is COc1ccc(C2(O)CC2)cc1OCc1ccccc1. The first-order chi connectivity index (χ1) is 9.71. The van der Waals surface area contributed by atoms with Crippen LogP contribution in [0.2, 0.25) is 0 Å². The second-order valence-electron chi connectivity index (χ2n) is 5.17. The minimum Gasteiger partial charge on any atom is -0.493 e. The van der Waals surface area contributed by atoms with Gasteiger partial charge in [-0.15, -0.1) is 0 Å². The Balaban J connectivity index is 1.80. The maximum Gasteiger partial charge on any atom is 0.162 e. The molecular weight excluding hydrogens is 252 g/mol. The fourth-order valence-corrected chi connectivity index (χ4v) is 2.22. The van der Waals surface area contributed by atoms with Gasteiger partial charge in [-0.1, -0.05) is 36.4 Å². The van der Waals surface area contributed by atoms with E-state index in [-0.39, 0.29) is 0 Å². The third-order valence-electron chi connectivity index (χ3n) is 3.66. The van der Waals surface area contributed by atoms with Crippen LogP contribution < -0.4 is 9.47 Å². The molecule has 3 heteroatoms. The second kappa shape index (κ2) is 5.17. The fourth-order valence-electron chi connectivity index (χ4n) is 2.22. The van der Waals surface area contributed by atoms with Crippen molar-refractivity contribution in [2.75, 3.05) is 7.11 Å². The van der Waals surface area contributed by atoms with Gasteiger partial charge in [0.1, 0.15) is 6.61 Å². The number of methoxy groups -OCH3 is 1. The van der Waals surface area contributed by atoms with Crippen LogP contribution >= 0.6 is 0 Å². The van der Waals surface area contributed by atoms with Crippen LogP contribution in [0.5, 0.6) is 11.5 Å². The topological polar surface area (TPSA) is 38.7 Å². The van der Waals surface area contributed by atoms with Crippen molar-refractivity contribution in [2.45, 2.75) is 25.0 Å². The molecular formula is C17H18O3. The molecule has 0 saturated heterocycles. The summed E-state index contributed by atoms with van der Waals surface area (Å²) in [5.74, 6) is 1.36. The molecule has 0 unspecified atom stereocenters. The molecule has 0 heterocycles. The van der Waals surface area contributed by atoms with E-state index in [1.807, 2.05) is 48.5 Å². The van der Waals surface area contributed by atoms with Crippen molar-refractivity contribution in [1.29, 1.82) is 0 Å². The lowest BCUT2D eigenvalue weighted by Crippen LogP contribution is -2.05. The Kier molecular flexibility index (Phi) is 3.36. The number of ether oxygens (including phenoxy) is 2. The second-order valence-corrected chi connectivity index (χ2v) is 5.17. The Morgan fingerprint density at radius 2 is 1.80 bits per heavy atom. The van der Waals surface area contributed by atoms with Crippen molar-refractivity contribution in [3.8, 4) is 11.5 Å². The summed E-state index contributed by atoms with van der Waals surface area (Å²) >= 11 is 0. The molecule has 0 radical (unpaired) electrons. The molecule has 2 aromatic rings. The highest BCUT2D eigenvalue weighted by Crippen LogP contribution is 2.47. The van der Waals surface area contributed by atoms with E-state index in [0.29, 0.717) is 18.1 Å². The van der Waals surface area contributed by atoms with Gasteiger partial charge in [-0.2, -0.15) is 0 Å². The van der Waals surface area contributed by atoms with Crippen molar-refractivity contribution in [3.05, 3.63) is 59.7 Å². The van der Waals surface area contributed by atoms with Crippen molar-refractivity contribution in [1.82, 2.24) is 0 Å². The van der Waals surface area contributed by atoms with Crippen LogP contribution in [0.3, 0.4) is 0 Å². The highest BCUT2D eigenvalue weighted by molar-refractivity contribution is 5.45. The highest BCUT2D eigenvalue weighted by atomic mass is 16.5. The molecule has 2 aromatic carbocycles. The molecule has 0 bridgehead atoms. The van der Waals surface area contributed by atoms with Crippen LogP contribution in [0.4, 0.5) is 0 Å². The smallest absolute Gasteiger partial charge is 0.162 e. The summed E-state index contributed by atoms with van der Waals surface area (Å²) in [6.07, 6.45) is 1.63. The van der Waals surface area contributed by atoms with E-state index in [1.54, 1.807) is 7.11 Å². The molecule has 1 fully saturated rings. The van der Waals surface area contributed by atoms with E-state index in [4.69, 9.17) is 9.47 Å². The van der Waals surface area contributed by atoms with Gasteiger partial charge in [0.15, 0.2) is 11.5 Å². The van der Waals surface area contributed by atoms with Gasteiger partial charge in [-0.25, -0.2) is 0 Å². The Morgan fingerprint density at radius 1 is 1.05 bits per heavy atom. The molecule has 1 N–H and O–H groups in total. The van der Waals surface area contributed by atoms with Gasteiger partial charge in [-0.3, -0.25) is 0 Å². The summed E-state index contributed by atoms with van der Waals surface area (Å²) in [5.41, 5.74) is 1.35. The number of hydrogen-bond acceptors (Lipinski definition) is 3. The first-order valence-electron chi connectivity index (χ1n) is 6.79. The molecule has 3 rings (SSSR count). The summed E-state index contributed by atoms with van der Waals surface area (Å²) in [6, 6.07) is 15.6. The van der Waals surface area contributed by atoms with Crippen LogP contribution in [0.15, 0.2) is 48.5 Å². The number of benzene rings is 2. The maximum atomic E-state index is 10.2. The summed E-state index contributed by atoms with van der Waals surface area (Å²) in [7, 11) is 1.62. The van der Waals surface area contributed by atoms with Gasteiger partial charge in [0.2, 0.25) is 0 Å². The van der Waals surface area contributed by atoms with Crippen LogP contribution in [0, 0.1) is 0 Å². The zero-order valence-corrected chi connectivity index (χ0v) is 11.5. The Morgan fingerprint density at radius 3 is 2.45 bits per heavy atom. The summed E-state index contributed by atoms with van der Waals surface area (Å²) < 4.78 is 11.2. The van der Waals surface area contributed by atoms with Crippen LogP contribution in [-0.2, 0) is 12.2 Å². The quantitative estimate of drug-likeness (QED) is 0.906. The van der Waals surface area contributed by atoms with Crippen molar-refractivity contribution in [2.24, 2.45) is 0 Å². The van der Waals surface area contributed by atoms with E-state index < -0.39 is 5.60 Å². The highest BCUT2D eigenvalue weighted by Gasteiger charge is 2.42. The van der Waals surface area contributed by atoms with E-state index in [9.17, 15) is 5.11 Å². The molecule has 1 aliphatic rings. The largest absolute Gasteiger partial charge is 0.493 e. The van der Waals surface area contributed by atoms with Gasteiger partial charge < -0.3 is 14.6 Å². The number of rotatable bonds is 5. The molecule has 0 atom stereocenters. The van der Waals surface area contributed by atoms with Gasteiger partial charge >= 0.3 is 0 Å². The van der Waals surface area contributed by atoms with Gasteiger partial charge in [0.25, 0.3) is 0 Å². The summed E-state index contributed by atoms with van der Waals surface area (Å²) in [6.45, 7) is 0.485. The molecule has 1 aliphatic carbocycles. The first kappa shape index (κ1) is 13.0. The van der Waals surface area contributed by atoms with E-state index >= 15 is 0 Å². The fraction of sp³-hybridized carbons (Fsp3) is 0.294. The molecule has 3 nitrogen and oxygen atoms in total. The lowest BCUT2D eigenvalue weighted by molar-refractivity contribution is 0.150. The molecule has 0 spiro atoms.